The van der Waals surface area contributed by atoms with E-state index in [-0.39, 0.29) is 58.9 Å². The van der Waals surface area contributed by atoms with Crippen molar-refractivity contribution in [3.05, 3.63) is 34.9 Å². The molecular weight excluding hydrogens is 721 g/mol. The van der Waals surface area contributed by atoms with Crippen LogP contribution in [0.2, 0.25) is 0 Å². The quantitative estimate of drug-likeness (QED) is 0.118. The Labute approximate surface area is 305 Å². The maximum absolute atomic E-state index is 12.3. The number of carbonyl (C=O) groups is 3. The summed E-state index contributed by atoms with van der Waals surface area (Å²) in [6.45, 7) is 1.59. The molecule has 3 aliphatic heterocycles. The maximum Gasteiger partial charge on any atom is 0.320 e. The van der Waals surface area contributed by atoms with Crippen molar-refractivity contribution in [3.63, 3.8) is 0 Å². The average molecular weight is 759 g/mol. The molecule has 0 bridgehead atoms. The van der Waals surface area contributed by atoms with Gasteiger partial charge < -0.3 is 63.4 Å². The molecule has 0 saturated heterocycles. The molecule has 0 aromatic heterocycles. The van der Waals surface area contributed by atoms with Gasteiger partial charge in [0.15, 0.2) is 5.75 Å². The Morgan fingerprint density at radius 2 is 1.22 bits per heavy atom. The summed E-state index contributed by atoms with van der Waals surface area (Å²) >= 11 is 4.38. The van der Waals surface area contributed by atoms with E-state index in [1.54, 1.807) is 23.9 Å². The molecule has 0 aliphatic carbocycles. The Bertz CT molecular complexity index is 1910. The fourth-order valence-electron chi connectivity index (χ4n) is 6.25. The van der Waals surface area contributed by atoms with Crippen LogP contribution in [0.1, 0.15) is 16.7 Å². The van der Waals surface area contributed by atoms with Crippen LogP contribution >= 0.6 is 35.3 Å². The SMILES string of the molecule is NC(Cc1cc(Oc2c(CC(N)C(=O)O)c(-c3c(CC(N)C(=O)O)cc4c(c3O)NCCS4)c(O)c3c2SCCN3)c2c(c1)SCCN2)C(=O)O. The van der Waals surface area contributed by atoms with E-state index < -0.39 is 36.0 Å². The van der Waals surface area contributed by atoms with E-state index in [0.717, 1.165) is 10.6 Å². The molecule has 3 aliphatic rings. The number of nitrogens with one attached hydrogen (secondary N) is 3. The molecule has 6 rings (SSSR count). The topological polar surface area (TPSA) is 276 Å². The Kier molecular flexibility index (Phi) is 10.9. The van der Waals surface area contributed by atoms with Crippen LogP contribution in [0.15, 0.2) is 32.9 Å². The molecule has 15 nitrogen and oxygen atoms in total. The van der Waals surface area contributed by atoms with Gasteiger partial charge in [0, 0.05) is 69.8 Å². The van der Waals surface area contributed by atoms with E-state index in [9.17, 15) is 39.9 Å². The zero-order valence-corrected chi connectivity index (χ0v) is 29.6. The first-order chi connectivity index (χ1) is 24.3. The highest BCUT2D eigenvalue weighted by atomic mass is 32.2. The van der Waals surface area contributed by atoms with Crippen molar-refractivity contribution in [2.24, 2.45) is 17.2 Å². The van der Waals surface area contributed by atoms with Crippen LogP contribution in [-0.2, 0) is 33.6 Å². The number of ether oxygens (including phenoxy) is 1. The van der Waals surface area contributed by atoms with Crippen molar-refractivity contribution in [3.8, 4) is 34.1 Å². The van der Waals surface area contributed by atoms with E-state index in [1.807, 2.05) is 6.07 Å². The number of phenols is 2. The van der Waals surface area contributed by atoms with Crippen LogP contribution in [0.3, 0.4) is 0 Å². The van der Waals surface area contributed by atoms with Gasteiger partial charge >= 0.3 is 17.9 Å². The van der Waals surface area contributed by atoms with Crippen LogP contribution in [0.5, 0.6) is 23.0 Å². The van der Waals surface area contributed by atoms with Gasteiger partial charge in [-0.1, -0.05) is 0 Å². The molecule has 3 aromatic carbocycles. The van der Waals surface area contributed by atoms with Crippen LogP contribution < -0.4 is 37.9 Å². The first kappa shape index (κ1) is 36.6. The number of hydrogen-bond acceptors (Lipinski definition) is 15. The number of rotatable bonds is 12. The molecule has 3 atom stereocenters. The van der Waals surface area contributed by atoms with Crippen LogP contribution in [0, 0.1) is 0 Å². The van der Waals surface area contributed by atoms with Crippen molar-refractivity contribution in [2.45, 2.75) is 52.1 Å². The number of carboxylic acids is 3. The predicted molar refractivity (Wildman–Crippen MR) is 197 cm³/mol. The summed E-state index contributed by atoms with van der Waals surface area (Å²) in [4.78, 5) is 37.8. The second kappa shape index (κ2) is 15.2. The number of aliphatic carboxylic acids is 3. The van der Waals surface area contributed by atoms with Gasteiger partial charge in [-0.25, -0.2) is 0 Å². The predicted octanol–water partition coefficient (Wildman–Crippen LogP) is 2.97. The first-order valence-electron chi connectivity index (χ1n) is 16.1. The number of fused-ring (bicyclic) bond motifs is 3. The highest BCUT2D eigenvalue weighted by Gasteiger charge is 2.35. The fraction of sp³-hybridized carbons (Fsp3) is 0.364. The largest absolute Gasteiger partial charge is 0.505 e. The molecular formula is C33H38N6O9S3. The molecule has 3 aromatic rings. The summed E-state index contributed by atoms with van der Waals surface area (Å²) in [5.41, 5.74) is 20.6. The Balaban J connectivity index is 1.65. The van der Waals surface area contributed by atoms with Gasteiger partial charge in [-0.2, -0.15) is 0 Å². The zero-order chi connectivity index (χ0) is 36.6. The van der Waals surface area contributed by atoms with Gasteiger partial charge in [0.2, 0.25) is 0 Å². The molecule has 3 heterocycles. The van der Waals surface area contributed by atoms with Crippen LogP contribution in [-0.4, -0.2) is 98.5 Å². The van der Waals surface area contributed by atoms with Gasteiger partial charge in [-0.05, 0) is 42.2 Å². The van der Waals surface area contributed by atoms with E-state index in [0.29, 0.717) is 69.2 Å². The second-order valence-corrected chi connectivity index (χ2v) is 15.6. The molecule has 0 radical (unpaired) electrons. The third kappa shape index (κ3) is 7.42. The molecule has 51 heavy (non-hydrogen) atoms. The number of aromatic hydroxyl groups is 2. The van der Waals surface area contributed by atoms with Gasteiger partial charge in [-0.3, -0.25) is 14.4 Å². The third-order valence-electron chi connectivity index (χ3n) is 8.66. The molecule has 0 saturated carbocycles. The highest BCUT2D eigenvalue weighted by molar-refractivity contribution is 8.00. The molecule has 272 valence electrons. The summed E-state index contributed by atoms with van der Waals surface area (Å²) in [7, 11) is 0. The Morgan fingerprint density at radius 3 is 1.86 bits per heavy atom. The summed E-state index contributed by atoms with van der Waals surface area (Å²) < 4.78 is 6.79. The minimum absolute atomic E-state index is 0.00667. The van der Waals surface area contributed by atoms with Crippen molar-refractivity contribution < 1.29 is 44.7 Å². The second-order valence-electron chi connectivity index (χ2n) is 12.2. The molecule has 0 amide bonds. The number of phenolic OH excluding ortho intramolecular Hbond substituents is 2. The molecule has 0 fully saturated rings. The van der Waals surface area contributed by atoms with Crippen molar-refractivity contribution in [2.75, 3.05) is 52.8 Å². The van der Waals surface area contributed by atoms with E-state index in [4.69, 9.17) is 21.9 Å². The maximum atomic E-state index is 12.3. The van der Waals surface area contributed by atoms with Crippen molar-refractivity contribution in [1.82, 2.24) is 0 Å². The summed E-state index contributed by atoms with van der Waals surface area (Å²) in [5.74, 6) is -1.88. The lowest BCUT2D eigenvalue weighted by Crippen LogP contribution is -2.33. The molecule has 18 heteroatoms. The standard InChI is InChI=1S/C33H38N6O9S3/c34-16(31(42)43)7-13-8-19(24-20(9-13)49-4-1-37-24)48-29-15(12-18(36)33(46)47)23(28(41)26-30(29)51-6-3-39-26)22-14(10-17(35)32(44)45)11-21-25(27(22)40)38-2-5-50-21/h8-9,11,16-18,37-41H,1-7,10,12,34-36H2,(H,42,43)(H,44,45)(H,46,47). The Morgan fingerprint density at radius 1 is 0.686 bits per heavy atom. The van der Waals surface area contributed by atoms with Gasteiger partial charge in [0.05, 0.1) is 22.0 Å². The Hall–Kier alpha value is -4.20. The number of nitrogens with two attached hydrogens (primary N) is 3. The normalized spacial score (nSPS) is 16.5. The number of hydrogen-bond donors (Lipinski definition) is 11. The van der Waals surface area contributed by atoms with Gasteiger partial charge in [0.1, 0.15) is 35.4 Å². The highest BCUT2D eigenvalue weighted by Crippen LogP contribution is 2.58. The van der Waals surface area contributed by atoms with Gasteiger partial charge in [-0.15, -0.1) is 35.3 Å². The molecule has 14 N–H and O–H groups in total. The lowest BCUT2D eigenvalue weighted by molar-refractivity contribution is -0.139. The van der Waals surface area contributed by atoms with Crippen molar-refractivity contribution in [1.29, 1.82) is 0 Å². The number of carboxylic acid groups (broad SMARTS) is 3. The number of anilines is 3. The minimum atomic E-state index is -1.48. The van der Waals surface area contributed by atoms with Gasteiger partial charge in [0.25, 0.3) is 0 Å². The molecule has 3 unspecified atom stereocenters. The van der Waals surface area contributed by atoms with E-state index >= 15 is 0 Å². The monoisotopic (exact) mass is 758 g/mol. The van der Waals surface area contributed by atoms with Crippen LogP contribution in [0.4, 0.5) is 17.1 Å². The molecule has 0 spiro atoms. The average Bonchev–Trinajstić information content (AvgIpc) is 3.10. The zero-order valence-electron chi connectivity index (χ0n) is 27.2. The summed E-state index contributed by atoms with van der Waals surface area (Å²) in [5, 5.41) is 63.1. The van der Waals surface area contributed by atoms with Crippen molar-refractivity contribution >= 4 is 70.3 Å². The minimum Gasteiger partial charge on any atom is -0.505 e. The lowest BCUT2D eigenvalue weighted by Gasteiger charge is -2.30. The van der Waals surface area contributed by atoms with E-state index in [1.165, 1.54) is 23.5 Å². The number of thioether (sulfide) groups is 3. The fourth-order valence-corrected chi connectivity index (χ4v) is 9.21. The smallest absolute Gasteiger partial charge is 0.320 e. The van der Waals surface area contributed by atoms with Crippen LogP contribution in [0.25, 0.3) is 11.1 Å². The third-order valence-corrected chi connectivity index (χ3v) is 11.8. The summed E-state index contributed by atoms with van der Waals surface area (Å²) in [6.07, 6.45) is -0.586. The number of benzene rings is 3. The first-order valence-corrected chi connectivity index (χ1v) is 19.0. The van der Waals surface area contributed by atoms with E-state index in [2.05, 4.69) is 16.0 Å². The lowest BCUT2D eigenvalue weighted by atomic mass is 9.87. The summed E-state index contributed by atoms with van der Waals surface area (Å²) in [6, 6.07) is 1.22.